The first-order chi connectivity index (χ1) is 9.17. The number of nitrogens with one attached hydrogen (secondary N) is 1. The van der Waals surface area contributed by atoms with Crippen LogP contribution in [0, 0.1) is 6.92 Å². The number of pyridine rings is 1. The maximum Gasteiger partial charge on any atom is 0.189 e. The molecule has 3 rings (SSSR count). The summed E-state index contributed by atoms with van der Waals surface area (Å²) >= 11 is 0. The van der Waals surface area contributed by atoms with Gasteiger partial charge in [-0.1, -0.05) is 0 Å². The van der Waals surface area contributed by atoms with Crippen molar-refractivity contribution < 1.29 is 9.21 Å². The van der Waals surface area contributed by atoms with Crippen LogP contribution in [0.25, 0.3) is 22.2 Å². The Morgan fingerprint density at radius 3 is 2.74 bits per heavy atom. The molecule has 1 N–H and O–H groups in total. The minimum Gasteiger partial charge on any atom is -0.453 e. The van der Waals surface area contributed by atoms with E-state index in [0.717, 1.165) is 16.8 Å². The Kier molecular flexibility index (Phi) is 2.56. The number of H-pyrrole nitrogens is 1. The largest absolute Gasteiger partial charge is 0.453 e. The maximum atomic E-state index is 11.9. The van der Waals surface area contributed by atoms with E-state index < -0.39 is 0 Å². The Labute approximate surface area is 108 Å². The lowest BCUT2D eigenvalue weighted by atomic mass is 10.1. The van der Waals surface area contributed by atoms with E-state index in [4.69, 9.17) is 4.42 Å². The molecule has 19 heavy (non-hydrogen) atoms. The first-order valence-corrected chi connectivity index (χ1v) is 5.86. The molecule has 0 bridgehead atoms. The number of aromatic amines is 1. The van der Waals surface area contributed by atoms with Crippen molar-refractivity contribution in [3.05, 3.63) is 58.1 Å². The zero-order valence-corrected chi connectivity index (χ0v) is 10.3. The van der Waals surface area contributed by atoms with Crippen LogP contribution < -0.4 is 5.43 Å². The fourth-order valence-corrected chi connectivity index (χ4v) is 2.10. The molecule has 2 heterocycles. The van der Waals surface area contributed by atoms with Crippen LogP contribution in [0.2, 0.25) is 0 Å². The fraction of sp³-hybridized carbons (Fsp3) is 0.0667. The predicted molar refractivity (Wildman–Crippen MR) is 72.4 cm³/mol. The molecule has 1 aromatic carbocycles. The third-order valence-electron chi connectivity index (χ3n) is 2.99. The van der Waals surface area contributed by atoms with Gasteiger partial charge < -0.3 is 9.40 Å². The lowest BCUT2D eigenvalue weighted by Crippen LogP contribution is -2.02. The number of hydrogen-bond donors (Lipinski definition) is 1. The number of carbonyl (C=O) groups is 1. The second kappa shape index (κ2) is 4.24. The van der Waals surface area contributed by atoms with Gasteiger partial charge in [-0.15, -0.1) is 0 Å². The van der Waals surface area contributed by atoms with Crippen LogP contribution in [0.1, 0.15) is 16.2 Å². The second-order valence-corrected chi connectivity index (χ2v) is 4.40. The van der Waals surface area contributed by atoms with Gasteiger partial charge in [0.2, 0.25) is 0 Å². The summed E-state index contributed by atoms with van der Waals surface area (Å²) in [6.45, 7) is 1.84. The smallest absolute Gasteiger partial charge is 0.189 e. The van der Waals surface area contributed by atoms with Gasteiger partial charge in [0, 0.05) is 28.2 Å². The van der Waals surface area contributed by atoms with Crippen molar-refractivity contribution >= 4 is 17.2 Å². The van der Waals surface area contributed by atoms with Crippen LogP contribution in [0.4, 0.5) is 0 Å². The minimum atomic E-state index is -0.0322. The number of hydrogen-bond acceptors (Lipinski definition) is 3. The molecule has 0 aliphatic heterocycles. The molecule has 3 aromatic rings. The molecule has 0 aliphatic rings. The summed E-state index contributed by atoms with van der Waals surface area (Å²) in [4.78, 5) is 25.7. The molecule has 4 nitrogen and oxygen atoms in total. The molecule has 0 saturated heterocycles. The van der Waals surface area contributed by atoms with Crippen LogP contribution in [0.5, 0.6) is 0 Å². The molecular weight excluding hydrogens is 242 g/mol. The normalized spacial score (nSPS) is 10.8. The molecule has 0 fully saturated rings. The van der Waals surface area contributed by atoms with Gasteiger partial charge in [0.05, 0.1) is 0 Å². The van der Waals surface area contributed by atoms with Crippen LogP contribution in [0.3, 0.4) is 0 Å². The maximum absolute atomic E-state index is 11.9. The topological polar surface area (TPSA) is 63.1 Å². The van der Waals surface area contributed by atoms with Gasteiger partial charge in [0.1, 0.15) is 5.76 Å². The van der Waals surface area contributed by atoms with E-state index >= 15 is 0 Å². The molecule has 0 saturated carbocycles. The van der Waals surface area contributed by atoms with Gasteiger partial charge >= 0.3 is 0 Å². The van der Waals surface area contributed by atoms with Crippen molar-refractivity contribution in [1.82, 2.24) is 4.98 Å². The van der Waals surface area contributed by atoms with Gasteiger partial charge in [-0.05, 0) is 37.3 Å². The summed E-state index contributed by atoms with van der Waals surface area (Å²) in [7, 11) is 0. The lowest BCUT2D eigenvalue weighted by molar-refractivity contribution is 0.110. The highest BCUT2D eigenvalue weighted by atomic mass is 16.3. The molecule has 0 aliphatic carbocycles. The van der Waals surface area contributed by atoms with Crippen molar-refractivity contribution in [2.24, 2.45) is 0 Å². The van der Waals surface area contributed by atoms with Gasteiger partial charge in [-0.25, -0.2) is 0 Å². The Morgan fingerprint density at radius 1 is 1.16 bits per heavy atom. The number of rotatable bonds is 2. The molecule has 4 heteroatoms. The van der Waals surface area contributed by atoms with Crippen molar-refractivity contribution in [1.29, 1.82) is 0 Å². The number of aryl methyl sites for hydroxylation is 1. The third kappa shape index (κ3) is 1.97. The minimum absolute atomic E-state index is 0.0322. The first kappa shape index (κ1) is 11.5. The monoisotopic (exact) mass is 253 g/mol. The van der Waals surface area contributed by atoms with E-state index in [1.165, 1.54) is 0 Å². The number of aldehydes is 1. The highest BCUT2D eigenvalue weighted by Gasteiger charge is 2.07. The standard InChI is InChI=1S/C15H11NO3/c1-9-6-14(18)12-7-10(2-4-13(12)16-9)15-5-3-11(8-17)19-15/h2-8H,1H3,(H,16,18). The summed E-state index contributed by atoms with van der Waals surface area (Å²) in [6.07, 6.45) is 0.653. The van der Waals surface area contributed by atoms with Crippen LogP contribution in [-0.2, 0) is 0 Å². The summed E-state index contributed by atoms with van der Waals surface area (Å²) in [5, 5.41) is 0.604. The number of aromatic nitrogens is 1. The van der Waals surface area contributed by atoms with Crippen LogP contribution in [0.15, 0.2) is 45.6 Å². The van der Waals surface area contributed by atoms with Gasteiger partial charge in [-0.2, -0.15) is 0 Å². The summed E-state index contributed by atoms with van der Waals surface area (Å²) < 4.78 is 5.35. The molecule has 0 amide bonds. The van der Waals surface area contributed by atoms with Crippen molar-refractivity contribution in [2.75, 3.05) is 0 Å². The number of benzene rings is 1. The lowest BCUT2D eigenvalue weighted by Gasteiger charge is -2.02. The molecule has 2 aromatic heterocycles. The Morgan fingerprint density at radius 2 is 2.00 bits per heavy atom. The van der Waals surface area contributed by atoms with E-state index in [-0.39, 0.29) is 11.2 Å². The Hall–Kier alpha value is -2.62. The first-order valence-electron chi connectivity index (χ1n) is 5.86. The zero-order valence-electron chi connectivity index (χ0n) is 10.3. The van der Waals surface area contributed by atoms with Crippen molar-refractivity contribution in [3.63, 3.8) is 0 Å². The van der Waals surface area contributed by atoms with Crippen LogP contribution in [-0.4, -0.2) is 11.3 Å². The van der Waals surface area contributed by atoms with Crippen molar-refractivity contribution in [2.45, 2.75) is 6.92 Å². The zero-order chi connectivity index (χ0) is 13.4. The van der Waals surface area contributed by atoms with Gasteiger partial charge in [0.15, 0.2) is 17.5 Å². The number of fused-ring (bicyclic) bond motifs is 1. The number of furan rings is 1. The Bertz CT molecular complexity index is 827. The second-order valence-electron chi connectivity index (χ2n) is 4.40. The predicted octanol–water partition coefficient (Wildman–Crippen LogP) is 2.91. The highest BCUT2D eigenvalue weighted by Crippen LogP contribution is 2.24. The molecule has 0 spiro atoms. The molecule has 0 radical (unpaired) electrons. The average molecular weight is 253 g/mol. The molecule has 94 valence electrons. The molecular formula is C15H11NO3. The SMILES string of the molecule is Cc1cc(=O)c2cc(-c3ccc(C=O)o3)ccc2[nH]1. The highest BCUT2D eigenvalue weighted by molar-refractivity contribution is 5.84. The van der Waals surface area contributed by atoms with E-state index in [9.17, 15) is 9.59 Å². The van der Waals surface area contributed by atoms with Gasteiger partial charge in [-0.3, -0.25) is 9.59 Å². The van der Waals surface area contributed by atoms with Gasteiger partial charge in [0.25, 0.3) is 0 Å². The quantitative estimate of drug-likeness (QED) is 0.714. The molecule has 0 atom stereocenters. The fourth-order valence-electron chi connectivity index (χ4n) is 2.10. The summed E-state index contributed by atoms with van der Waals surface area (Å²) in [6, 6.07) is 10.3. The summed E-state index contributed by atoms with van der Waals surface area (Å²) in [5.41, 5.74) is 2.35. The molecule has 0 unspecified atom stereocenters. The summed E-state index contributed by atoms with van der Waals surface area (Å²) in [5.74, 6) is 0.844. The van der Waals surface area contributed by atoms with Crippen molar-refractivity contribution in [3.8, 4) is 11.3 Å². The van der Waals surface area contributed by atoms with Crippen LogP contribution >= 0.6 is 0 Å². The van der Waals surface area contributed by atoms with E-state index in [1.807, 2.05) is 19.1 Å². The van der Waals surface area contributed by atoms with E-state index in [2.05, 4.69) is 4.98 Å². The van der Waals surface area contributed by atoms with E-state index in [0.29, 0.717) is 17.4 Å². The number of carbonyl (C=O) groups excluding carboxylic acids is 1. The van der Waals surface area contributed by atoms with E-state index in [1.54, 1.807) is 24.3 Å². The third-order valence-corrected chi connectivity index (χ3v) is 2.99. The Balaban J connectivity index is 2.21. The average Bonchev–Trinajstić information content (AvgIpc) is 2.87.